The molecule has 29 heavy (non-hydrogen) atoms. The number of anilines is 3. The van der Waals surface area contributed by atoms with Gasteiger partial charge in [-0.15, -0.1) is 0 Å². The molecule has 4 rings (SSSR count). The van der Waals surface area contributed by atoms with E-state index in [9.17, 15) is 8.42 Å². The minimum atomic E-state index is -3.34. The first-order valence-electron chi connectivity index (χ1n) is 9.24. The van der Waals surface area contributed by atoms with E-state index in [1.165, 1.54) is 6.33 Å². The number of hydrogen-bond donors (Lipinski definition) is 1. The first kappa shape index (κ1) is 19.3. The Balaban J connectivity index is 1.83. The van der Waals surface area contributed by atoms with E-state index in [1.54, 1.807) is 25.1 Å². The van der Waals surface area contributed by atoms with Gasteiger partial charge < -0.3 is 19.7 Å². The normalized spacial score (nSPS) is 13.3. The van der Waals surface area contributed by atoms with Crippen molar-refractivity contribution >= 4 is 37.9 Å². The number of nitrogens with one attached hydrogen (secondary N) is 1. The van der Waals surface area contributed by atoms with Gasteiger partial charge in [0.05, 0.1) is 27.5 Å². The minimum absolute atomic E-state index is 0.0354. The zero-order valence-electron chi connectivity index (χ0n) is 16.5. The van der Waals surface area contributed by atoms with Gasteiger partial charge in [0.25, 0.3) is 0 Å². The van der Waals surface area contributed by atoms with Crippen molar-refractivity contribution in [3.8, 4) is 11.5 Å². The number of benzene rings is 2. The Labute approximate surface area is 169 Å². The van der Waals surface area contributed by atoms with Crippen LogP contribution in [0.4, 0.5) is 17.2 Å². The van der Waals surface area contributed by atoms with Gasteiger partial charge in [0.2, 0.25) is 0 Å². The Morgan fingerprint density at radius 2 is 1.79 bits per heavy atom. The summed E-state index contributed by atoms with van der Waals surface area (Å²) in [5.41, 5.74) is 2.18. The number of nitrogens with zero attached hydrogens (tertiary/aromatic N) is 3. The zero-order chi connectivity index (χ0) is 20.6. The predicted octanol–water partition coefficient (Wildman–Crippen LogP) is 3.00. The SMILES string of the molecule is CCS(=O)(=O)c1ccc(N(C)C)c(Nc2ncnc3cc4c(cc23)OCCO4)c1. The first-order valence-corrected chi connectivity index (χ1v) is 10.9. The zero-order valence-corrected chi connectivity index (χ0v) is 17.3. The summed E-state index contributed by atoms with van der Waals surface area (Å²) in [6.07, 6.45) is 1.46. The Morgan fingerprint density at radius 3 is 2.48 bits per heavy atom. The van der Waals surface area contributed by atoms with Crippen molar-refractivity contribution in [1.82, 2.24) is 9.97 Å². The number of hydrogen-bond acceptors (Lipinski definition) is 8. The second-order valence-electron chi connectivity index (χ2n) is 6.84. The molecule has 0 saturated carbocycles. The lowest BCUT2D eigenvalue weighted by Crippen LogP contribution is -2.15. The minimum Gasteiger partial charge on any atom is -0.486 e. The molecule has 3 aromatic rings. The average Bonchev–Trinajstić information content (AvgIpc) is 2.72. The Kier molecular flexibility index (Phi) is 4.91. The van der Waals surface area contributed by atoms with Gasteiger partial charge in [0.1, 0.15) is 25.4 Å². The Morgan fingerprint density at radius 1 is 1.07 bits per heavy atom. The molecule has 0 spiro atoms. The van der Waals surface area contributed by atoms with Gasteiger partial charge >= 0.3 is 0 Å². The van der Waals surface area contributed by atoms with E-state index in [-0.39, 0.29) is 10.6 Å². The van der Waals surface area contributed by atoms with Crippen LogP contribution in [0.5, 0.6) is 11.5 Å². The van der Waals surface area contributed by atoms with E-state index < -0.39 is 9.84 Å². The standard InChI is InChI=1S/C20H22N4O4S/c1-4-29(25,26)13-5-6-17(24(2)3)16(9-13)23-20-14-10-18-19(28-8-7-27-18)11-15(14)21-12-22-20/h5-6,9-12H,4,7-8H2,1-3H3,(H,21,22,23). The molecule has 0 radical (unpaired) electrons. The highest BCUT2D eigenvalue weighted by molar-refractivity contribution is 7.91. The summed E-state index contributed by atoms with van der Waals surface area (Å²) < 4.78 is 36.0. The van der Waals surface area contributed by atoms with Gasteiger partial charge in [-0.25, -0.2) is 18.4 Å². The Hall–Kier alpha value is -3.07. The predicted molar refractivity (Wildman–Crippen MR) is 112 cm³/mol. The Bertz CT molecular complexity index is 1180. The van der Waals surface area contributed by atoms with Gasteiger partial charge in [0.15, 0.2) is 21.3 Å². The maximum absolute atomic E-state index is 12.4. The number of fused-ring (bicyclic) bond motifs is 2. The molecule has 0 amide bonds. The van der Waals surface area contributed by atoms with Gasteiger partial charge in [-0.2, -0.15) is 0 Å². The summed E-state index contributed by atoms with van der Waals surface area (Å²) in [6, 6.07) is 8.71. The smallest absolute Gasteiger partial charge is 0.178 e. The molecule has 0 saturated heterocycles. The molecule has 0 bridgehead atoms. The highest BCUT2D eigenvalue weighted by Crippen LogP contribution is 2.37. The molecule has 1 aromatic heterocycles. The topological polar surface area (TPSA) is 93.7 Å². The van der Waals surface area contributed by atoms with Crippen molar-refractivity contribution in [1.29, 1.82) is 0 Å². The van der Waals surface area contributed by atoms with Gasteiger partial charge in [-0.1, -0.05) is 6.92 Å². The number of ether oxygens (including phenoxy) is 2. The first-order chi connectivity index (χ1) is 13.9. The lowest BCUT2D eigenvalue weighted by molar-refractivity contribution is 0.172. The fourth-order valence-electron chi connectivity index (χ4n) is 3.19. The maximum atomic E-state index is 12.4. The third-order valence-electron chi connectivity index (χ3n) is 4.74. The third-order valence-corrected chi connectivity index (χ3v) is 6.47. The van der Waals surface area contributed by atoms with Gasteiger partial charge in [-0.05, 0) is 24.3 Å². The molecule has 0 fully saturated rings. The van der Waals surface area contributed by atoms with E-state index in [2.05, 4.69) is 15.3 Å². The fourth-order valence-corrected chi connectivity index (χ4v) is 4.09. The van der Waals surface area contributed by atoms with Crippen LogP contribution in [0.1, 0.15) is 6.92 Å². The third kappa shape index (κ3) is 3.65. The van der Waals surface area contributed by atoms with Crippen molar-refractivity contribution in [2.75, 3.05) is 43.3 Å². The van der Waals surface area contributed by atoms with Crippen LogP contribution in [0.25, 0.3) is 10.9 Å². The molecule has 1 N–H and O–H groups in total. The van der Waals surface area contributed by atoms with E-state index >= 15 is 0 Å². The van der Waals surface area contributed by atoms with Crippen molar-refractivity contribution in [3.05, 3.63) is 36.7 Å². The van der Waals surface area contributed by atoms with Gasteiger partial charge in [0, 0.05) is 25.5 Å². The molecule has 8 nitrogen and oxygen atoms in total. The highest BCUT2D eigenvalue weighted by Gasteiger charge is 2.18. The summed E-state index contributed by atoms with van der Waals surface area (Å²) in [5.74, 6) is 1.88. The summed E-state index contributed by atoms with van der Waals surface area (Å²) in [7, 11) is 0.456. The van der Waals surface area contributed by atoms with Gasteiger partial charge in [-0.3, -0.25) is 0 Å². The monoisotopic (exact) mass is 414 g/mol. The molecule has 2 heterocycles. The molecule has 2 aromatic carbocycles. The van der Waals surface area contributed by atoms with Crippen LogP contribution in [0, 0.1) is 0 Å². The van der Waals surface area contributed by atoms with Crippen LogP contribution in [0.15, 0.2) is 41.6 Å². The molecule has 1 aliphatic rings. The summed E-state index contributed by atoms with van der Waals surface area (Å²) in [4.78, 5) is 10.9. The van der Waals surface area contributed by atoms with Crippen molar-refractivity contribution in [2.24, 2.45) is 0 Å². The van der Waals surface area contributed by atoms with Crippen LogP contribution in [0.3, 0.4) is 0 Å². The second-order valence-corrected chi connectivity index (χ2v) is 9.12. The summed E-state index contributed by atoms with van der Waals surface area (Å²) in [6.45, 7) is 2.61. The number of aromatic nitrogens is 2. The molecular formula is C20H22N4O4S. The average molecular weight is 414 g/mol. The van der Waals surface area contributed by atoms with E-state index in [4.69, 9.17) is 9.47 Å². The van der Waals surface area contributed by atoms with Crippen molar-refractivity contribution in [3.63, 3.8) is 0 Å². The van der Waals surface area contributed by atoms with E-state index in [1.807, 2.05) is 31.1 Å². The molecule has 0 unspecified atom stereocenters. The quantitative estimate of drug-likeness (QED) is 0.681. The molecule has 0 atom stereocenters. The largest absolute Gasteiger partial charge is 0.486 e. The van der Waals surface area contributed by atoms with Crippen LogP contribution in [-0.2, 0) is 9.84 Å². The molecule has 152 valence electrons. The van der Waals surface area contributed by atoms with Crippen LogP contribution in [-0.4, -0.2) is 51.4 Å². The molecule has 1 aliphatic heterocycles. The second kappa shape index (κ2) is 7.40. The fraction of sp³-hybridized carbons (Fsp3) is 0.300. The van der Waals surface area contributed by atoms with Crippen molar-refractivity contribution < 1.29 is 17.9 Å². The number of rotatable bonds is 5. The van der Waals surface area contributed by atoms with Crippen LogP contribution < -0.4 is 19.7 Å². The summed E-state index contributed by atoms with van der Waals surface area (Å²) >= 11 is 0. The van der Waals surface area contributed by atoms with Crippen LogP contribution in [0.2, 0.25) is 0 Å². The highest BCUT2D eigenvalue weighted by atomic mass is 32.2. The van der Waals surface area contributed by atoms with E-state index in [0.29, 0.717) is 41.7 Å². The molecular weight excluding hydrogens is 392 g/mol. The lowest BCUT2D eigenvalue weighted by Gasteiger charge is -2.21. The molecule has 9 heteroatoms. The van der Waals surface area contributed by atoms with Crippen molar-refractivity contribution in [2.45, 2.75) is 11.8 Å². The van der Waals surface area contributed by atoms with E-state index in [0.717, 1.165) is 11.1 Å². The number of sulfone groups is 1. The lowest BCUT2D eigenvalue weighted by atomic mass is 10.2. The molecule has 0 aliphatic carbocycles. The summed E-state index contributed by atoms with van der Waals surface area (Å²) in [5, 5.41) is 4.04. The maximum Gasteiger partial charge on any atom is 0.178 e. The van der Waals surface area contributed by atoms with Crippen LogP contribution >= 0.6 is 0 Å².